The van der Waals surface area contributed by atoms with Gasteiger partial charge in [0.15, 0.2) is 0 Å². The van der Waals surface area contributed by atoms with Crippen molar-refractivity contribution in [1.82, 2.24) is 9.80 Å². The third-order valence-electron chi connectivity index (χ3n) is 3.30. The van der Waals surface area contributed by atoms with Gasteiger partial charge in [-0.1, -0.05) is 6.92 Å². The van der Waals surface area contributed by atoms with Gasteiger partial charge in [0, 0.05) is 42.9 Å². The molecule has 2 saturated heterocycles. The summed E-state index contributed by atoms with van der Waals surface area (Å²) < 4.78 is 0. The molecule has 3 nitrogen and oxygen atoms in total. The number of amidine groups is 1. The smallest absolute Gasteiger partial charge is 0.110 e. The molecule has 0 spiro atoms. The molecule has 2 unspecified atom stereocenters. The molecule has 2 aliphatic heterocycles. The minimum Gasteiger partial charge on any atom is -0.357 e. The fourth-order valence-corrected chi connectivity index (χ4v) is 4.91. The molecule has 2 rings (SSSR count). The molecule has 2 aliphatic rings. The first kappa shape index (κ1) is 12.6. The Balaban J connectivity index is 1.90. The minimum atomic E-state index is 0.419. The summed E-state index contributed by atoms with van der Waals surface area (Å²) in [4.78, 5) is 4.62. The molecule has 1 N–H and O–H groups in total. The Kier molecular flexibility index (Phi) is 4.44. The second kappa shape index (κ2) is 5.65. The molecule has 92 valence electrons. The lowest BCUT2D eigenvalue weighted by molar-refractivity contribution is 0.212. The van der Waals surface area contributed by atoms with E-state index in [0.717, 1.165) is 32.0 Å². The van der Waals surface area contributed by atoms with Crippen LogP contribution in [0.25, 0.3) is 0 Å². The van der Waals surface area contributed by atoms with Crippen molar-refractivity contribution < 1.29 is 0 Å². The van der Waals surface area contributed by atoms with E-state index in [9.17, 15) is 0 Å². The van der Waals surface area contributed by atoms with Crippen molar-refractivity contribution in [2.24, 2.45) is 0 Å². The highest BCUT2D eigenvalue weighted by Gasteiger charge is 2.30. The number of rotatable bonds is 1. The topological polar surface area (TPSA) is 30.3 Å². The van der Waals surface area contributed by atoms with E-state index < -0.39 is 0 Å². The Labute approximate surface area is 107 Å². The average molecular weight is 259 g/mol. The maximum absolute atomic E-state index is 8.35. The fraction of sp³-hybridized carbons (Fsp3) is 0.909. The summed E-state index contributed by atoms with van der Waals surface area (Å²) in [6, 6.07) is 0. The summed E-state index contributed by atoms with van der Waals surface area (Å²) in [5, 5.41) is 9.37. The second-order valence-electron chi connectivity index (χ2n) is 4.54. The molecule has 0 saturated carbocycles. The zero-order valence-electron chi connectivity index (χ0n) is 10.1. The standard InChI is InChI=1S/C11H21N3S2/c1-9-10(16-8-7-15-9)11(12)14-5-3-13(2)4-6-14/h9-10,12H,3-8H2,1-2H3. The van der Waals surface area contributed by atoms with Gasteiger partial charge < -0.3 is 9.80 Å². The van der Waals surface area contributed by atoms with Crippen LogP contribution in [0, 0.1) is 5.41 Å². The highest BCUT2D eigenvalue weighted by Crippen LogP contribution is 2.32. The summed E-state index contributed by atoms with van der Waals surface area (Å²) in [6.45, 7) is 6.53. The lowest BCUT2D eigenvalue weighted by atomic mass is 10.2. The van der Waals surface area contributed by atoms with Gasteiger partial charge in [0.2, 0.25) is 0 Å². The van der Waals surface area contributed by atoms with E-state index >= 15 is 0 Å². The van der Waals surface area contributed by atoms with Crippen LogP contribution in [0.5, 0.6) is 0 Å². The molecule has 0 aliphatic carbocycles. The van der Waals surface area contributed by atoms with E-state index in [1.54, 1.807) is 0 Å². The maximum atomic E-state index is 8.35. The number of likely N-dealkylation sites (N-methyl/N-ethyl adjacent to an activating group) is 1. The van der Waals surface area contributed by atoms with E-state index in [2.05, 4.69) is 23.8 Å². The second-order valence-corrected chi connectivity index (χ2v) is 7.28. The molecule has 0 aromatic heterocycles. The molecule has 0 amide bonds. The Morgan fingerprint density at radius 1 is 1.12 bits per heavy atom. The molecule has 0 radical (unpaired) electrons. The number of nitrogens with zero attached hydrogens (tertiary/aromatic N) is 2. The van der Waals surface area contributed by atoms with Gasteiger partial charge in [0.1, 0.15) is 5.84 Å². The van der Waals surface area contributed by atoms with E-state index in [1.165, 1.54) is 11.5 Å². The van der Waals surface area contributed by atoms with Gasteiger partial charge in [0.25, 0.3) is 0 Å². The quantitative estimate of drug-likeness (QED) is 0.570. The van der Waals surface area contributed by atoms with Crippen LogP contribution in [0.1, 0.15) is 6.92 Å². The molecular weight excluding hydrogens is 238 g/mol. The monoisotopic (exact) mass is 259 g/mol. The summed E-state index contributed by atoms with van der Waals surface area (Å²) >= 11 is 3.99. The van der Waals surface area contributed by atoms with Crippen LogP contribution < -0.4 is 0 Å². The lowest BCUT2D eigenvalue weighted by Crippen LogP contribution is -2.51. The first-order chi connectivity index (χ1) is 7.68. The van der Waals surface area contributed by atoms with Gasteiger partial charge in [-0.15, -0.1) is 11.8 Å². The molecule has 5 heteroatoms. The number of hydrogen-bond acceptors (Lipinski definition) is 4. The van der Waals surface area contributed by atoms with E-state index in [1.807, 2.05) is 23.5 Å². The van der Waals surface area contributed by atoms with Crippen LogP contribution in [-0.2, 0) is 0 Å². The number of thioether (sulfide) groups is 2. The summed E-state index contributed by atoms with van der Waals surface area (Å²) in [7, 11) is 2.16. The van der Waals surface area contributed by atoms with Gasteiger partial charge >= 0.3 is 0 Å². The van der Waals surface area contributed by atoms with Crippen LogP contribution in [0.2, 0.25) is 0 Å². The Bertz CT molecular complexity index is 252. The summed E-state index contributed by atoms with van der Waals surface area (Å²) in [6.07, 6.45) is 0. The lowest BCUT2D eigenvalue weighted by Gasteiger charge is -2.39. The number of piperazine rings is 1. The molecule has 0 aromatic rings. The van der Waals surface area contributed by atoms with Crippen LogP contribution in [0.4, 0.5) is 0 Å². The largest absolute Gasteiger partial charge is 0.357 e. The van der Waals surface area contributed by atoms with Crippen molar-refractivity contribution in [2.75, 3.05) is 44.7 Å². The summed E-state index contributed by atoms with van der Waals surface area (Å²) in [5.74, 6) is 3.33. The Morgan fingerprint density at radius 2 is 1.75 bits per heavy atom. The van der Waals surface area contributed by atoms with Crippen molar-refractivity contribution in [3.8, 4) is 0 Å². The fourth-order valence-electron chi connectivity index (χ4n) is 2.16. The summed E-state index contributed by atoms with van der Waals surface area (Å²) in [5.41, 5.74) is 0. The number of hydrogen-bond donors (Lipinski definition) is 1. The van der Waals surface area contributed by atoms with Crippen LogP contribution in [-0.4, -0.2) is 70.9 Å². The Morgan fingerprint density at radius 3 is 2.38 bits per heavy atom. The van der Waals surface area contributed by atoms with Gasteiger partial charge in [0.05, 0.1) is 5.25 Å². The Hall–Kier alpha value is 0.130. The molecule has 2 heterocycles. The molecule has 16 heavy (non-hydrogen) atoms. The molecular formula is C11H21N3S2. The third-order valence-corrected chi connectivity index (χ3v) is 6.40. The first-order valence-electron chi connectivity index (χ1n) is 5.93. The molecule has 2 fully saturated rings. The zero-order chi connectivity index (χ0) is 11.5. The van der Waals surface area contributed by atoms with E-state index in [-0.39, 0.29) is 0 Å². The van der Waals surface area contributed by atoms with Crippen molar-refractivity contribution in [2.45, 2.75) is 17.4 Å². The van der Waals surface area contributed by atoms with Crippen molar-refractivity contribution in [1.29, 1.82) is 5.41 Å². The molecule has 0 bridgehead atoms. The van der Waals surface area contributed by atoms with Gasteiger partial charge in [-0.05, 0) is 7.05 Å². The van der Waals surface area contributed by atoms with Crippen molar-refractivity contribution in [3.05, 3.63) is 0 Å². The average Bonchev–Trinajstić information content (AvgIpc) is 2.30. The normalized spacial score (nSPS) is 32.8. The SMILES string of the molecule is CC1SCCSC1C(=N)N1CCN(C)CC1. The maximum Gasteiger partial charge on any atom is 0.110 e. The molecule has 2 atom stereocenters. The highest BCUT2D eigenvalue weighted by molar-refractivity contribution is 8.07. The van der Waals surface area contributed by atoms with Gasteiger partial charge in [-0.25, -0.2) is 0 Å². The predicted octanol–water partition coefficient (Wildman–Crippen LogP) is 1.45. The van der Waals surface area contributed by atoms with Crippen LogP contribution >= 0.6 is 23.5 Å². The predicted molar refractivity (Wildman–Crippen MR) is 75.0 cm³/mol. The highest BCUT2D eigenvalue weighted by atomic mass is 32.2. The number of nitrogens with one attached hydrogen (secondary N) is 1. The zero-order valence-corrected chi connectivity index (χ0v) is 11.7. The minimum absolute atomic E-state index is 0.419. The first-order valence-corrected chi connectivity index (χ1v) is 8.03. The van der Waals surface area contributed by atoms with Crippen LogP contribution in [0.15, 0.2) is 0 Å². The van der Waals surface area contributed by atoms with Gasteiger partial charge in [-0.2, -0.15) is 11.8 Å². The van der Waals surface area contributed by atoms with E-state index in [0.29, 0.717) is 10.5 Å². The third kappa shape index (κ3) is 2.87. The van der Waals surface area contributed by atoms with Crippen molar-refractivity contribution in [3.63, 3.8) is 0 Å². The van der Waals surface area contributed by atoms with Crippen molar-refractivity contribution >= 4 is 29.4 Å². The van der Waals surface area contributed by atoms with Crippen LogP contribution in [0.3, 0.4) is 0 Å². The van der Waals surface area contributed by atoms with E-state index in [4.69, 9.17) is 5.41 Å². The van der Waals surface area contributed by atoms with Gasteiger partial charge in [-0.3, -0.25) is 5.41 Å². The molecule has 0 aromatic carbocycles.